The third-order valence-corrected chi connectivity index (χ3v) is 4.66. The Bertz CT molecular complexity index is 807. The number of nitrogen functional groups attached to an aromatic ring is 1. The number of nitrogens with zero attached hydrogens (tertiary/aromatic N) is 1. The number of aromatic nitrogens is 1. The lowest BCUT2D eigenvalue weighted by atomic mass is 10.2. The lowest BCUT2D eigenvalue weighted by Gasteiger charge is -2.10. The SMILES string of the molecule is Nc1cc(F)c(SCc2ccccc2Cl)c2ncccc12. The van der Waals surface area contributed by atoms with Crippen LogP contribution in [0, 0.1) is 5.82 Å². The number of hydrogen-bond acceptors (Lipinski definition) is 3. The van der Waals surface area contributed by atoms with Crippen LogP contribution in [0.2, 0.25) is 5.02 Å². The molecule has 0 aliphatic rings. The normalized spacial score (nSPS) is 11.0. The molecular weight excluding hydrogens is 307 g/mol. The molecule has 2 nitrogen and oxygen atoms in total. The second kappa shape index (κ2) is 5.92. The molecule has 0 spiro atoms. The summed E-state index contributed by atoms with van der Waals surface area (Å²) in [5.41, 5.74) is 7.80. The van der Waals surface area contributed by atoms with E-state index in [-0.39, 0.29) is 5.82 Å². The number of rotatable bonds is 3. The van der Waals surface area contributed by atoms with E-state index >= 15 is 0 Å². The van der Waals surface area contributed by atoms with Gasteiger partial charge in [0, 0.05) is 28.0 Å². The summed E-state index contributed by atoms with van der Waals surface area (Å²) >= 11 is 7.51. The number of halogens is 2. The van der Waals surface area contributed by atoms with Crippen LogP contribution in [-0.2, 0) is 5.75 Å². The highest BCUT2D eigenvalue weighted by molar-refractivity contribution is 7.98. The molecule has 0 fully saturated rings. The molecule has 5 heteroatoms. The van der Waals surface area contributed by atoms with Crippen LogP contribution in [-0.4, -0.2) is 4.98 Å². The highest BCUT2D eigenvalue weighted by atomic mass is 35.5. The van der Waals surface area contributed by atoms with Crippen LogP contribution in [0.3, 0.4) is 0 Å². The largest absolute Gasteiger partial charge is 0.398 e. The van der Waals surface area contributed by atoms with Crippen LogP contribution >= 0.6 is 23.4 Å². The van der Waals surface area contributed by atoms with Gasteiger partial charge in [0.15, 0.2) is 0 Å². The Kier molecular flexibility index (Phi) is 3.99. The van der Waals surface area contributed by atoms with Crippen LogP contribution in [0.25, 0.3) is 10.9 Å². The van der Waals surface area contributed by atoms with E-state index in [4.69, 9.17) is 17.3 Å². The fraction of sp³-hybridized carbons (Fsp3) is 0.0625. The minimum Gasteiger partial charge on any atom is -0.398 e. The number of anilines is 1. The van der Waals surface area contributed by atoms with Crippen molar-refractivity contribution < 1.29 is 4.39 Å². The lowest BCUT2D eigenvalue weighted by Crippen LogP contribution is -1.94. The molecule has 21 heavy (non-hydrogen) atoms. The van der Waals surface area contributed by atoms with Crippen molar-refractivity contribution in [3.05, 3.63) is 65.1 Å². The van der Waals surface area contributed by atoms with E-state index in [9.17, 15) is 4.39 Å². The van der Waals surface area contributed by atoms with Gasteiger partial charge in [-0.3, -0.25) is 4.98 Å². The summed E-state index contributed by atoms with van der Waals surface area (Å²) < 4.78 is 14.2. The topological polar surface area (TPSA) is 38.9 Å². The van der Waals surface area contributed by atoms with Crippen LogP contribution in [0.15, 0.2) is 53.6 Å². The van der Waals surface area contributed by atoms with Gasteiger partial charge in [-0.25, -0.2) is 4.39 Å². The van der Waals surface area contributed by atoms with Gasteiger partial charge in [0.05, 0.1) is 10.4 Å². The van der Waals surface area contributed by atoms with E-state index in [2.05, 4.69) is 4.98 Å². The van der Waals surface area contributed by atoms with Gasteiger partial charge in [0.1, 0.15) is 5.82 Å². The Labute approximate surface area is 131 Å². The fourth-order valence-corrected chi connectivity index (χ4v) is 3.44. The van der Waals surface area contributed by atoms with Crippen LogP contribution < -0.4 is 5.73 Å². The predicted molar refractivity (Wildman–Crippen MR) is 87.1 cm³/mol. The molecule has 3 aromatic rings. The van der Waals surface area contributed by atoms with Crippen LogP contribution in [0.1, 0.15) is 5.56 Å². The number of thioether (sulfide) groups is 1. The predicted octanol–water partition coefficient (Wildman–Crippen LogP) is 4.90. The van der Waals surface area contributed by atoms with Gasteiger partial charge in [-0.15, -0.1) is 11.8 Å². The maximum atomic E-state index is 14.2. The molecular formula is C16H12ClFN2S. The molecule has 3 rings (SSSR count). The van der Waals surface area contributed by atoms with Crippen molar-refractivity contribution >= 4 is 40.0 Å². The standard InChI is InChI=1S/C16H12ClFN2S/c17-12-6-2-1-4-10(12)9-21-16-13(18)8-14(19)11-5-3-7-20-15(11)16/h1-8H,9,19H2. The van der Waals surface area contributed by atoms with E-state index in [0.717, 1.165) is 10.9 Å². The Balaban J connectivity index is 1.99. The number of pyridine rings is 1. The molecule has 2 N–H and O–H groups in total. The van der Waals surface area contributed by atoms with E-state index in [1.165, 1.54) is 17.8 Å². The maximum Gasteiger partial charge on any atom is 0.141 e. The van der Waals surface area contributed by atoms with Gasteiger partial charge in [-0.2, -0.15) is 0 Å². The first kappa shape index (κ1) is 14.2. The summed E-state index contributed by atoms with van der Waals surface area (Å²) in [7, 11) is 0. The molecule has 0 radical (unpaired) electrons. The monoisotopic (exact) mass is 318 g/mol. The molecule has 0 unspecified atom stereocenters. The first-order valence-electron chi connectivity index (χ1n) is 6.35. The van der Waals surface area contributed by atoms with Gasteiger partial charge < -0.3 is 5.73 Å². The second-order valence-corrected chi connectivity index (χ2v) is 5.95. The molecule has 0 saturated carbocycles. The van der Waals surface area contributed by atoms with Crippen molar-refractivity contribution in [3.63, 3.8) is 0 Å². The van der Waals surface area contributed by atoms with Gasteiger partial charge in [0.2, 0.25) is 0 Å². The molecule has 106 valence electrons. The molecule has 0 aliphatic carbocycles. The quantitative estimate of drug-likeness (QED) is 0.551. The summed E-state index contributed by atoms with van der Waals surface area (Å²) in [6, 6.07) is 12.5. The molecule has 2 aromatic carbocycles. The second-order valence-electron chi connectivity index (χ2n) is 4.56. The third-order valence-electron chi connectivity index (χ3n) is 3.16. The number of fused-ring (bicyclic) bond motifs is 1. The molecule has 0 amide bonds. The Morgan fingerprint density at radius 2 is 2.00 bits per heavy atom. The summed E-state index contributed by atoms with van der Waals surface area (Å²) in [6.07, 6.45) is 1.64. The van der Waals surface area contributed by atoms with E-state index in [0.29, 0.717) is 26.9 Å². The third kappa shape index (κ3) is 2.82. The van der Waals surface area contributed by atoms with Gasteiger partial charge in [0.25, 0.3) is 0 Å². The smallest absolute Gasteiger partial charge is 0.141 e. The van der Waals surface area contributed by atoms with Crippen molar-refractivity contribution in [1.29, 1.82) is 0 Å². The summed E-state index contributed by atoms with van der Waals surface area (Å²) in [5.74, 6) is 0.224. The minimum atomic E-state index is -0.351. The van der Waals surface area contributed by atoms with Gasteiger partial charge in [-0.1, -0.05) is 29.8 Å². The molecule has 0 saturated heterocycles. The summed E-state index contributed by atoms with van der Waals surface area (Å²) in [4.78, 5) is 4.76. The number of nitrogens with two attached hydrogens (primary N) is 1. The molecule has 0 aliphatic heterocycles. The van der Waals surface area contributed by atoms with E-state index in [1.54, 1.807) is 12.3 Å². The Hall–Kier alpha value is -1.78. The van der Waals surface area contributed by atoms with Crippen LogP contribution in [0.5, 0.6) is 0 Å². The van der Waals surface area contributed by atoms with Crippen molar-refractivity contribution in [1.82, 2.24) is 4.98 Å². The number of hydrogen-bond donors (Lipinski definition) is 1. The zero-order chi connectivity index (χ0) is 14.8. The number of benzene rings is 2. The molecule has 0 bridgehead atoms. The van der Waals surface area contributed by atoms with Crippen LogP contribution in [0.4, 0.5) is 10.1 Å². The first-order valence-corrected chi connectivity index (χ1v) is 7.72. The average Bonchev–Trinajstić information content (AvgIpc) is 2.49. The average molecular weight is 319 g/mol. The maximum absolute atomic E-state index is 14.2. The highest BCUT2D eigenvalue weighted by Gasteiger charge is 2.13. The van der Waals surface area contributed by atoms with Crippen molar-refractivity contribution in [2.45, 2.75) is 10.6 Å². The highest BCUT2D eigenvalue weighted by Crippen LogP contribution is 2.35. The van der Waals surface area contributed by atoms with Crippen molar-refractivity contribution in [2.75, 3.05) is 5.73 Å². The van der Waals surface area contributed by atoms with E-state index in [1.807, 2.05) is 30.3 Å². The summed E-state index contributed by atoms with van der Waals surface area (Å²) in [5, 5.41) is 1.44. The van der Waals surface area contributed by atoms with E-state index < -0.39 is 0 Å². The van der Waals surface area contributed by atoms with Crippen molar-refractivity contribution in [3.8, 4) is 0 Å². The molecule has 0 atom stereocenters. The fourth-order valence-electron chi connectivity index (χ4n) is 2.11. The van der Waals surface area contributed by atoms with Crippen molar-refractivity contribution in [2.24, 2.45) is 0 Å². The van der Waals surface area contributed by atoms with Gasteiger partial charge >= 0.3 is 0 Å². The Morgan fingerprint density at radius 3 is 2.81 bits per heavy atom. The molecule has 1 aromatic heterocycles. The summed E-state index contributed by atoms with van der Waals surface area (Å²) in [6.45, 7) is 0. The minimum absolute atomic E-state index is 0.351. The zero-order valence-electron chi connectivity index (χ0n) is 11.0. The first-order chi connectivity index (χ1) is 10.2. The molecule has 1 heterocycles. The van der Waals surface area contributed by atoms with Gasteiger partial charge in [-0.05, 0) is 29.8 Å². The zero-order valence-corrected chi connectivity index (χ0v) is 12.6. The lowest BCUT2D eigenvalue weighted by molar-refractivity contribution is 0.605. The Morgan fingerprint density at radius 1 is 1.19 bits per heavy atom.